The van der Waals surface area contributed by atoms with Crippen LogP contribution < -0.4 is 5.32 Å². The molecule has 0 radical (unpaired) electrons. The summed E-state index contributed by atoms with van der Waals surface area (Å²) in [4.78, 5) is 4.05. The Hall–Kier alpha value is -1.43. The number of halogens is 1. The summed E-state index contributed by atoms with van der Waals surface area (Å²) in [5.41, 5.74) is 0.811. The maximum atomic E-state index is 5.48. The molecule has 1 aliphatic rings. The number of anilines is 1. The first kappa shape index (κ1) is 9.77. The molecule has 1 fully saturated rings. The van der Waals surface area contributed by atoms with E-state index in [2.05, 4.69) is 36.4 Å². The van der Waals surface area contributed by atoms with E-state index in [0.717, 1.165) is 10.0 Å². The van der Waals surface area contributed by atoms with E-state index in [9.17, 15) is 0 Å². The van der Waals surface area contributed by atoms with Crippen molar-refractivity contribution in [3.05, 3.63) is 22.9 Å². The van der Waals surface area contributed by atoms with Gasteiger partial charge in [0.1, 0.15) is 0 Å². The third-order valence-corrected chi connectivity index (χ3v) is 2.72. The van der Waals surface area contributed by atoms with Gasteiger partial charge in [0.15, 0.2) is 0 Å². The first-order chi connectivity index (χ1) is 7.81. The van der Waals surface area contributed by atoms with Gasteiger partial charge in [-0.05, 0) is 34.8 Å². The lowest BCUT2D eigenvalue weighted by molar-refractivity contribution is 0.580. The number of aromatic nitrogens is 3. The topological polar surface area (TPSA) is 63.8 Å². The minimum atomic E-state index is 0.483. The average molecular weight is 281 g/mol. The van der Waals surface area contributed by atoms with Crippen molar-refractivity contribution >= 4 is 21.9 Å². The monoisotopic (exact) mass is 280 g/mol. The van der Waals surface area contributed by atoms with Gasteiger partial charge < -0.3 is 9.73 Å². The van der Waals surface area contributed by atoms with Gasteiger partial charge in [-0.2, -0.15) is 0 Å². The van der Waals surface area contributed by atoms with Crippen molar-refractivity contribution in [2.45, 2.75) is 18.9 Å². The smallest absolute Gasteiger partial charge is 0.315 e. The fourth-order valence-electron chi connectivity index (χ4n) is 1.33. The summed E-state index contributed by atoms with van der Waals surface area (Å²) in [5, 5.41) is 11.0. The molecule has 0 aliphatic heterocycles. The van der Waals surface area contributed by atoms with E-state index in [1.54, 1.807) is 12.4 Å². The molecule has 0 amide bonds. The van der Waals surface area contributed by atoms with Gasteiger partial charge in [0, 0.05) is 22.9 Å². The minimum absolute atomic E-state index is 0.483. The van der Waals surface area contributed by atoms with Crippen molar-refractivity contribution < 1.29 is 4.42 Å². The van der Waals surface area contributed by atoms with E-state index in [1.165, 1.54) is 12.8 Å². The van der Waals surface area contributed by atoms with Crippen LogP contribution in [0.5, 0.6) is 0 Å². The number of rotatable bonds is 3. The Labute approximate surface area is 100 Å². The van der Waals surface area contributed by atoms with E-state index < -0.39 is 0 Å². The molecular formula is C10H9BrN4O. The van der Waals surface area contributed by atoms with Crippen LogP contribution in [-0.2, 0) is 0 Å². The van der Waals surface area contributed by atoms with Gasteiger partial charge in [-0.15, -0.1) is 5.10 Å². The molecular weight excluding hydrogens is 272 g/mol. The third-order valence-electron chi connectivity index (χ3n) is 2.28. The number of hydrogen-bond donors (Lipinski definition) is 1. The van der Waals surface area contributed by atoms with Gasteiger partial charge in [0.25, 0.3) is 5.89 Å². The van der Waals surface area contributed by atoms with Crippen molar-refractivity contribution in [1.82, 2.24) is 15.2 Å². The van der Waals surface area contributed by atoms with Crippen molar-refractivity contribution in [3.8, 4) is 11.5 Å². The lowest BCUT2D eigenvalue weighted by Gasteiger charge is -1.95. The Morgan fingerprint density at radius 2 is 2.19 bits per heavy atom. The van der Waals surface area contributed by atoms with Crippen LogP contribution in [0, 0.1) is 0 Å². The molecule has 6 heteroatoms. The van der Waals surface area contributed by atoms with E-state index in [-0.39, 0.29) is 0 Å². The maximum absolute atomic E-state index is 5.48. The van der Waals surface area contributed by atoms with Crippen LogP contribution in [0.15, 0.2) is 27.3 Å². The Kier molecular flexibility index (Phi) is 2.36. The standard InChI is InChI=1S/C10H9BrN4O/c11-7-3-6(4-12-5-7)9-14-15-10(16-9)13-8-1-2-8/h3-5,8H,1-2H2,(H,13,15). The molecule has 0 saturated heterocycles. The molecule has 5 nitrogen and oxygen atoms in total. The van der Waals surface area contributed by atoms with Gasteiger partial charge in [-0.1, -0.05) is 5.10 Å². The molecule has 0 unspecified atom stereocenters. The van der Waals surface area contributed by atoms with Gasteiger partial charge in [-0.3, -0.25) is 4.98 Å². The summed E-state index contributed by atoms with van der Waals surface area (Å²) >= 11 is 3.35. The molecule has 1 saturated carbocycles. The van der Waals surface area contributed by atoms with E-state index in [1.807, 2.05) is 6.07 Å². The SMILES string of the molecule is Brc1cncc(-c2nnc(NC3CC3)o2)c1. The summed E-state index contributed by atoms with van der Waals surface area (Å²) in [6.45, 7) is 0. The summed E-state index contributed by atoms with van der Waals surface area (Å²) < 4.78 is 6.37. The van der Waals surface area contributed by atoms with Gasteiger partial charge in [0.2, 0.25) is 0 Å². The number of nitrogens with zero attached hydrogens (tertiary/aromatic N) is 3. The van der Waals surface area contributed by atoms with Gasteiger partial charge in [-0.25, -0.2) is 0 Å². The minimum Gasteiger partial charge on any atom is -0.403 e. The van der Waals surface area contributed by atoms with Crippen molar-refractivity contribution in [1.29, 1.82) is 0 Å². The van der Waals surface area contributed by atoms with Crippen LogP contribution >= 0.6 is 15.9 Å². The molecule has 2 aromatic rings. The Morgan fingerprint density at radius 1 is 1.31 bits per heavy atom. The Morgan fingerprint density at radius 3 is 2.94 bits per heavy atom. The molecule has 0 aromatic carbocycles. The zero-order valence-corrected chi connectivity index (χ0v) is 9.94. The molecule has 2 aromatic heterocycles. The Bertz CT molecular complexity index is 509. The predicted molar refractivity (Wildman–Crippen MR) is 61.9 cm³/mol. The lowest BCUT2D eigenvalue weighted by Crippen LogP contribution is -2.00. The second-order valence-corrected chi connectivity index (χ2v) is 4.64. The summed E-state index contributed by atoms with van der Waals surface area (Å²) in [6, 6.07) is 2.88. The van der Waals surface area contributed by atoms with E-state index >= 15 is 0 Å². The van der Waals surface area contributed by atoms with Crippen LogP contribution in [0.2, 0.25) is 0 Å². The molecule has 0 bridgehead atoms. The van der Waals surface area contributed by atoms with Crippen LogP contribution in [0.1, 0.15) is 12.8 Å². The molecule has 2 heterocycles. The fourth-order valence-corrected chi connectivity index (χ4v) is 1.69. The summed E-state index contributed by atoms with van der Waals surface area (Å²) in [7, 11) is 0. The van der Waals surface area contributed by atoms with Crippen LogP contribution in [0.25, 0.3) is 11.5 Å². The second kappa shape index (κ2) is 3.86. The van der Waals surface area contributed by atoms with Crippen LogP contribution in [0.4, 0.5) is 6.01 Å². The number of nitrogens with one attached hydrogen (secondary N) is 1. The molecule has 0 spiro atoms. The summed E-state index contributed by atoms with van der Waals surface area (Å²) in [5.74, 6) is 0.483. The zero-order valence-electron chi connectivity index (χ0n) is 8.35. The normalized spacial score (nSPS) is 15.1. The highest BCUT2D eigenvalue weighted by molar-refractivity contribution is 9.10. The zero-order chi connectivity index (χ0) is 11.0. The number of hydrogen-bond acceptors (Lipinski definition) is 5. The quantitative estimate of drug-likeness (QED) is 0.936. The third kappa shape index (κ3) is 2.06. The van der Waals surface area contributed by atoms with E-state index in [4.69, 9.17) is 4.42 Å². The lowest BCUT2D eigenvalue weighted by atomic mass is 10.3. The van der Waals surface area contributed by atoms with Gasteiger partial charge >= 0.3 is 6.01 Å². The molecule has 16 heavy (non-hydrogen) atoms. The second-order valence-electron chi connectivity index (χ2n) is 3.72. The number of pyridine rings is 1. The van der Waals surface area contributed by atoms with Crippen molar-refractivity contribution in [3.63, 3.8) is 0 Å². The predicted octanol–water partition coefficient (Wildman–Crippen LogP) is 2.47. The van der Waals surface area contributed by atoms with Crippen LogP contribution in [-0.4, -0.2) is 21.2 Å². The maximum Gasteiger partial charge on any atom is 0.315 e. The summed E-state index contributed by atoms with van der Waals surface area (Å²) in [6.07, 6.45) is 5.76. The molecule has 82 valence electrons. The largest absolute Gasteiger partial charge is 0.403 e. The van der Waals surface area contributed by atoms with Crippen molar-refractivity contribution in [2.24, 2.45) is 0 Å². The fraction of sp³-hybridized carbons (Fsp3) is 0.300. The average Bonchev–Trinajstić information content (AvgIpc) is 2.94. The van der Waals surface area contributed by atoms with Crippen molar-refractivity contribution in [2.75, 3.05) is 5.32 Å². The van der Waals surface area contributed by atoms with Gasteiger partial charge in [0.05, 0.1) is 5.56 Å². The van der Waals surface area contributed by atoms with E-state index in [0.29, 0.717) is 17.9 Å². The Balaban J connectivity index is 1.85. The highest BCUT2D eigenvalue weighted by Gasteiger charge is 2.23. The first-order valence-corrected chi connectivity index (χ1v) is 5.81. The highest BCUT2D eigenvalue weighted by atomic mass is 79.9. The molecule has 1 N–H and O–H groups in total. The molecule has 0 atom stereocenters. The first-order valence-electron chi connectivity index (χ1n) is 5.02. The highest BCUT2D eigenvalue weighted by Crippen LogP contribution is 2.26. The van der Waals surface area contributed by atoms with Crippen LogP contribution in [0.3, 0.4) is 0 Å². The molecule has 1 aliphatic carbocycles. The molecule has 3 rings (SSSR count).